The standard InChI is InChI=1S/C17H20F4N2O2/c18-13-1-2-14(19)12(9-13)10-22-7-8-25-15(11-22)16(24)23-5-3-17(20,21)4-6-23/h1-2,9,15H,3-8,10-11H2. The zero-order valence-corrected chi connectivity index (χ0v) is 13.7. The van der Waals surface area contributed by atoms with Crippen molar-refractivity contribution in [3.63, 3.8) is 0 Å². The number of hydrogen-bond acceptors (Lipinski definition) is 3. The molecule has 3 rings (SSSR count). The minimum atomic E-state index is -2.72. The summed E-state index contributed by atoms with van der Waals surface area (Å²) >= 11 is 0. The van der Waals surface area contributed by atoms with E-state index in [0.717, 1.165) is 18.2 Å². The smallest absolute Gasteiger partial charge is 0.253 e. The number of carbonyl (C=O) groups excluding carboxylic acids is 1. The van der Waals surface area contributed by atoms with Gasteiger partial charge in [-0.05, 0) is 18.2 Å². The monoisotopic (exact) mass is 360 g/mol. The fourth-order valence-corrected chi connectivity index (χ4v) is 3.16. The van der Waals surface area contributed by atoms with Crippen LogP contribution in [0, 0.1) is 11.6 Å². The summed E-state index contributed by atoms with van der Waals surface area (Å²) in [6.07, 6.45) is -1.45. The van der Waals surface area contributed by atoms with Crippen LogP contribution in [0.15, 0.2) is 18.2 Å². The van der Waals surface area contributed by atoms with E-state index in [-0.39, 0.29) is 57.1 Å². The average Bonchev–Trinajstić information content (AvgIpc) is 2.58. The highest BCUT2D eigenvalue weighted by molar-refractivity contribution is 5.81. The van der Waals surface area contributed by atoms with Gasteiger partial charge in [0.25, 0.3) is 11.8 Å². The Labute approximate surface area is 143 Å². The fourth-order valence-electron chi connectivity index (χ4n) is 3.16. The molecule has 2 aliphatic heterocycles. The van der Waals surface area contributed by atoms with Gasteiger partial charge in [0.2, 0.25) is 0 Å². The summed E-state index contributed by atoms with van der Waals surface area (Å²) in [6.45, 7) is 1.15. The van der Waals surface area contributed by atoms with Gasteiger partial charge < -0.3 is 9.64 Å². The van der Waals surface area contributed by atoms with E-state index in [1.54, 1.807) is 0 Å². The summed E-state index contributed by atoms with van der Waals surface area (Å²) in [7, 11) is 0. The molecule has 1 unspecified atom stereocenters. The van der Waals surface area contributed by atoms with Crippen LogP contribution >= 0.6 is 0 Å². The molecule has 2 heterocycles. The molecule has 1 aromatic rings. The largest absolute Gasteiger partial charge is 0.366 e. The van der Waals surface area contributed by atoms with Crippen molar-refractivity contribution in [1.82, 2.24) is 9.80 Å². The van der Waals surface area contributed by atoms with E-state index < -0.39 is 23.7 Å². The van der Waals surface area contributed by atoms with E-state index in [2.05, 4.69) is 0 Å². The molecule has 25 heavy (non-hydrogen) atoms. The predicted molar refractivity (Wildman–Crippen MR) is 82.1 cm³/mol. The quantitative estimate of drug-likeness (QED) is 0.777. The number of alkyl halides is 2. The van der Waals surface area contributed by atoms with Gasteiger partial charge in [0.05, 0.1) is 6.61 Å². The number of benzene rings is 1. The first-order chi connectivity index (χ1) is 11.8. The average molecular weight is 360 g/mol. The molecule has 1 aromatic carbocycles. The van der Waals surface area contributed by atoms with Crippen LogP contribution in [-0.4, -0.2) is 60.5 Å². The Balaban J connectivity index is 1.59. The van der Waals surface area contributed by atoms with Crippen LogP contribution in [0.4, 0.5) is 17.6 Å². The second-order valence-corrected chi connectivity index (χ2v) is 6.51. The highest BCUT2D eigenvalue weighted by atomic mass is 19.3. The van der Waals surface area contributed by atoms with Crippen molar-refractivity contribution in [2.24, 2.45) is 0 Å². The van der Waals surface area contributed by atoms with Crippen LogP contribution in [0.3, 0.4) is 0 Å². The van der Waals surface area contributed by atoms with E-state index >= 15 is 0 Å². The lowest BCUT2D eigenvalue weighted by atomic mass is 10.1. The molecule has 2 aliphatic rings. The Morgan fingerprint density at radius 3 is 2.64 bits per heavy atom. The van der Waals surface area contributed by atoms with Crippen molar-refractivity contribution in [1.29, 1.82) is 0 Å². The Morgan fingerprint density at radius 1 is 1.20 bits per heavy atom. The maximum atomic E-state index is 13.8. The Bertz CT molecular complexity index is 631. The van der Waals surface area contributed by atoms with E-state index in [1.165, 1.54) is 4.90 Å². The zero-order chi connectivity index (χ0) is 18.0. The second-order valence-electron chi connectivity index (χ2n) is 6.51. The van der Waals surface area contributed by atoms with Crippen LogP contribution < -0.4 is 0 Å². The molecule has 4 nitrogen and oxygen atoms in total. The topological polar surface area (TPSA) is 32.8 Å². The number of morpholine rings is 1. The number of hydrogen-bond donors (Lipinski definition) is 0. The van der Waals surface area contributed by atoms with Crippen molar-refractivity contribution >= 4 is 5.91 Å². The molecule has 8 heteroatoms. The van der Waals surface area contributed by atoms with E-state index in [4.69, 9.17) is 4.74 Å². The molecule has 2 saturated heterocycles. The number of likely N-dealkylation sites (tertiary alicyclic amines) is 1. The molecule has 2 fully saturated rings. The third-order valence-corrected chi connectivity index (χ3v) is 4.63. The molecule has 1 atom stereocenters. The second kappa shape index (κ2) is 7.29. The molecule has 0 aromatic heterocycles. The molecular weight excluding hydrogens is 340 g/mol. The molecule has 0 spiro atoms. The van der Waals surface area contributed by atoms with Crippen LogP contribution in [0.1, 0.15) is 18.4 Å². The minimum absolute atomic E-state index is 0.00418. The lowest BCUT2D eigenvalue weighted by molar-refractivity contribution is -0.155. The highest BCUT2D eigenvalue weighted by Crippen LogP contribution is 2.28. The molecular formula is C17H20F4N2O2. The van der Waals surface area contributed by atoms with Gasteiger partial charge in [0.1, 0.15) is 17.7 Å². The molecule has 0 bridgehead atoms. The van der Waals surface area contributed by atoms with E-state index in [0.29, 0.717) is 6.54 Å². The van der Waals surface area contributed by atoms with E-state index in [9.17, 15) is 22.4 Å². The van der Waals surface area contributed by atoms with Gasteiger partial charge in [-0.3, -0.25) is 9.69 Å². The van der Waals surface area contributed by atoms with Crippen LogP contribution in [0.25, 0.3) is 0 Å². The SMILES string of the molecule is O=C(C1CN(Cc2cc(F)ccc2F)CCO1)N1CCC(F)(F)CC1. The number of ether oxygens (including phenoxy) is 1. The van der Waals surface area contributed by atoms with Crippen molar-refractivity contribution in [2.45, 2.75) is 31.4 Å². The highest BCUT2D eigenvalue weighted by Gasteiger charge is 2.38. The fraction of sp³-hybridized carbons (Fsp3) is 0.588. The van der Waals surface area contributed by atoms with Crippen LogP contribution in [0.5, 0.6) is 0 Å². The van der Waals surface area contributed by atoms with Gasteiger partial charge in [-0.1, -0.05) is 0 Å². The Kier molecular flexibility index (Phi) is 5.29. The molecule has 0 N–H and O–H groups in total. The molecule has 0 aliphatic carbocycles. The van der Waals surface area contributed by atoms with E-state index in [1.807, 2.05) is 4.90 Å². The molecule has 138 valence electrons. The van der Waals surface area contributed by atoms with Gasteiger partial charge in [0.15, 0.2) is 0 Å². The number of nitrogens with zero attached hydrogens (tertiary/aromatic N) is 2. The zero-order valence-electron chi connectivity index (χ0n) is 13.7. The first kappa shape index (κ1) is 18.1. The Morgan fingerprint density at radius 2 is 1.92 bits per heavy atom. The van der Waals surface area contributed by atoms with Gasteiger partial charge in [-0.2, -0.15) is 0 Å². The van der Waals surface area contributed by atoms with Gasteiger partial charge in [-0.15, -0.1) is 0 Å². The maximum Gasteiger partial charge on any atom is 0.253 e. The lowest BCUT2D eigenvalue weighted by Crippen LogP contribution is -2.53. The first-order valence-corrected chi connectivity index (χ1v) is 8.28. The maximum absolute atomic E-state index is 13.8. The third-order valence-electron chi connectivity index (χ3n) is 4.63. The summed E-state index contributed by atoms with van der Waals surface area (Å²) in [6, 6.07) is 3.26. The summed E-state index contributed by atoms with van der Waals surface area (Å²) in [5, 5.41) is 0. The summed E-state index contributed by atoms with van der Waals surface area (Å²) in [5.41, 5.74) is 0.214. The lowest BCUT2D eigenvalue weighted by Gasteiger charge is -2.37. The van der Waals surface area contributed by atoms with Crippen molar-refractivity contribution in [3.05, 3.63) is 35.4 Å². The number of halogens is 4. The van der Waals surface area contributed by atoms with Crippen molar-refractivity contribution < 1.29 is 27.1 Å². The van der Waals surface area contributed by atoms with Gasteiger partial charge in [-0.25, -0.2) is 17.6 Å². The summed E-state index contributed by atoms with van der Waals surface area (Å²) in [5.74, 6) is -4.06. The summed E-state index contributed by atoms with van der Waals surface area (Å²) in [4.78, 5) is 15.7. The predicted octanol–water partition coefficient (Wildman–Crippen LogP) is 2.42. The van der Waals surface area contributed by atoms with Gasteiger partial charge >= 0.3 is 0 Å². The molecule has 0 saturated carbocycles. The van der Waals surface area contributed by atoms with Crippen molar-refractivity contribution in [3.8, 4) is 0 Å². The van der Waals surface area contributed by atoms with Crippen LogP contribution in [-0.2, 0) is 16.1 Å². The molecule has 0 radical (unpaired) electrons. The van der Waals surface area contributed by atoms with Crippen LogP contribution in [0.2, 0.25) is 0 Å². The number of carbonyl (C=O) groups is 1. The van der Waals surface area contributed by atoms with Gasteiger partial charge in [0, 0.05) is 51.1 Å². The normalized spacial score (nSPS) is 24.3. The number of rotatable bonds is 3. The number of amides is 1. The summed E-state index contributed by atoms with van der Waals surface area (Å²) < 4.78 is 59.0. The number of piperidine rings is 1. The third kappa shape index (κ3) is 4.49. The minimum Gasteiger partial charge on any atom is -0.366 e. The van der Waals surface area contributed by atoms with Crippen molar-refractivity contribution in [2.75, 3.05) is 32.8 Å². The molecule has 1 amide bonds. The first-order valence-electron chi connectivity index (χ1n) is 8.28. The Hall–Kier alpha value is -1.67.